The van der Waals surface area contributed by atoms with Crippen molar-refractivity contribution >= 4 is 28.9 Å². The number of anilines is 2. The van der Waals surface area contributed by atoms with Gasteiger partial charge in [-0.3, -0.25) is 14.9 Å². The van der Waals surface area contributed by atoms with E-state index in [0.29, 0.717) is 0 Å². The van der Waals surface area contributed by atoms with Gasteiger partial charge in [-0.1, -0.05) is 0 Å². The number of halogens is 2. The van der Waals surface area contributed by atoms with E-state index in [-0.39, 0.29) is 30.1 Å². The van der Waals surface area contributed by atoms with Crippen LogP contribution in [-0.2, 0) is 9.53 Å². The molecule has 0 unspecified atom stereocenters. The molecule has 0 aliphatic rings. The fraction of sp³-hybridized carbons (Fsp3) is 0.176. The number of nitrogens with one attached hydrogen (secondary N) is 2. The second-order valence-electron chi connectivity index (χ2n) is 5.39. The lowest BCUT2D eigenvalue weighted by atomic mass is 10.1. The summed E-state index contributed by atoms with van der Waals surface area (Å²) in [5, 5.41) is 24.5. The van der Waals surface area contributed by atoms with Gasteiger partial charge < -0.3 is 20.5 Å². The maximum atomic E-state index is 13.5. The number of carbonyl (C=O) groups excluding carboxylic acids is 2. The van der Waals surface area contributed by atoms with Crippen molar-refractivity contribution < 1.29 is 33.1 Å². The quantitative estimate of drug-likeness (QED) is 0.354. The van der Waals surface area contributed by atoms with Crippen molar-refractivity contribution in [3.8, 4) is 0 Å². The predicted molar refractivity (Wildman–Crippen MR) is 93.9 cm³/mol. The molecule has 0 atom stereocenters. The number of rotatable bonds is 8. The van der Waals surface area contributed by atoms with Crippen LogP contribution < -0.4 is 10.6 Å². The molecular weight excluding hydrogens is 380 g/mol. The number of hydrogen-bond donors (Lipinski definition) is 3. The third-order valence-electron chi connectivity index (χ3n) is 3.40. The molecule has 0 fully saturated rings. The molecule has 3 N–H and O–H groups in total. The number of carbonyl (C=O) groups is 2. The number of non-ortho nitro benzene ring substituents is 1. The van der Waals surface area contributed by atoms with Gasteiger partial charge in [0.05, 0.1) is 22.8 Å². The van der Waals surface area contributed by atoms with E-state index < -0.39 is 40.7 Å². The second kappa shape index (κ2) is 9.37. The molecule has 1 amide bonds. The van der Waals surface area contributed by atoms with Crippen molar-refractivity contribution in [2.24, 2.45) is 0 Å². The van der Waals surface area contributed by atoms with Crippen molar-refractivity contribution in [2.45, 2.75) is 0 Å². The summed E-state index contributed by atoms with van der Waals surface area (Å²) in [7, 11) is 0. The highest BCUT2D eigenvalue weighted by atomic mass is 19.1. The molecule has 2 aromatic carbocycles. The Morgan fingerprint density at radius 3 is 2.57 bits per heavy atom. The summed E-state index contributed by atoms with van der Waals surface area (Å²) in [5.74, 6) is -3.65. The van der Waals surface area contributed by atoms with Gasteiger partial charge in [0.25, 0.3) is 11.6 Å². The van der Waals surface area contributed by atoms with Crippen LogP contribution in [0.4, 0.5) is 25.8 Å². The van der Waals surface area contributed by atoms with Crippen LogP contribution in [0.2, 0.25) is 0 Å². The zero-order valence-corrected chi connectivity index (χ0v) is 14.3. The molecule has 11 heteroatoms. The number of esters is 1. The van der Waals surface area contributed by atoms with E-state index in [1.807, 2.05) is 5.32 Å². The normalized spacial score (nSPS) is 10.2. The number of amides is 1. The molecule has 148 valence electrons. The zero-order chi connectivity index (χ0) is 20.7. The van der Waals surface area contributed by atoms with E-state index in [1.165, 1.54) is 6.07 Å². The average molecular weight is 395 g/mol. The minimum absolute atomic E-state index is 0.0669. The molecule has 0 saturated heterocycles. The van der Waals surface area contributed by atoms with E-state index in [4.69, 9.17) is 9.84 Å². The van der Waals surface area contributed by atoms with Crippen LogP contribution in [-0.4, -0.2) is 41.7 Å². The number of nitro groups is 1. The Morgan fingerprint density at radius 2 is 1.89 bits per heavy atom. The predicted octanol–water partition coefficient (Wildman–Crippen LogP) is 2.07. The molecule has 0 aliphatic heterocycles. The van der Waals surface area contributed by atoms with E-state index >= 15 is 0 Å². The molecule has 0 spiro atoms. The second-order valence-corrected chi connectivity index (χ2v) is 5.39. The van der Waals surface area contributed by atoms with Gasteiger partial charge in [0.2, 0.25) is 0 Å². The van der Waals surface area contributed by atoms with Crippen LogP contribution in [0.15, 0.2) is 36.4 Å². The van der Waals surface area contributed by atoms with E-state index in [2.05, 4.69) is 5.32 Å². The first-order chi connectivity index (χ1) is 13.3. The first kappa shape index (κ1) is 20.7. The van der Waals surface area contributed by atoms with Gasteiger partial charge in [0.15, 0.2) is 6.61 Å². The summed E-state index contributed by atoms with van der Waals surface area (Å²) >= 11 is 0. The summed E-state index contributed by atoms with van der Waals surface area (Å²) in [6, 6.07) is 5.80. The lowest BCUT2D eigenvalue weighted by Crippen LogP contribution is -2.22. The van der Waals surface area contributed by atoms with E-state index in [1.54, 1.807) is 0 Å². The number of nitrogens with zero attached hydrogens (tertiary/aromatic N) is 1. The maximum absolute atomic E-state index is 13.5. The van der Waals surface area contributed by atoms with Crippen molar-refractivity contribution in [2.75, 3.05) is 30.4 Å². The van der Waals surface area contributed by atoms with Crippen LogP contribution in [0.1, 0.15) is 10.4 Å². The molecule has 2 aromatic rings. The van der Waals surface area contributed by atoms with Gasteiger partial charge in [-0.2, -0.15) is 0 Å². The van der Waals surface area contributed by atoms with Gasteiger partial charge in [-0.25, -0.2) is 13.6 Å². The lowest BCUT2D eigenvalue weighted by molar-refractivity contribution is -0.384. The molecule has 0 radical (unpaired) electrons. The fourth-order valence-electron chi connectivity index (χ4n) is 2.15. The van der Waals surface area contributed by atoms with Gasteiger partial charge >= 0.3 is 5.97 Å². The Kier molecular flexibility index (Phi) is 6.93. The third kappa shape index (κ3) is 5.45. The largest absolute Gasteiger partial charge is 0.452 e. The number of aliphatic hydroxyl groups excluding tert-OH is 1. The standard InChI is InChI=1S/C17H15F2N3O6/c18-10-1-3-13(19)15(7-10)21-16(24)9-28-17(25)12-8-11(22(26)27)2-4-14(12)20-5-6-23/h1-4,7-8,20,23H,5-6,9H2,(H,21,24). The summed E-state index contributed by atoms with van der Waals surface area (Å²) in [6.07, 6.45) is 0. The molecule has 0 aromatic heterocycles. The molecule has 0 saturated carbocycles. The summed E-state index contributed by atoms with van der Waals surface area (Å²) in [4.78, 5) is 34.2. The number of aliphatic hydroxyl groups is 1. The number of benzene rings is 2. The van der Waals surface area contributed by atoms with Crippen LogP contribution in [0, 0.1) is 21.7 Å². The zero-order valence-electron chi connectivity index (χ0n) is 14.3. The molecular formula is C17H15F2N3O6. The fourth-order valence-corrected chi connectivity index (χ4v) is 2.15. The summed E-state index contributed by atoms with van der Waals surface area (Å²) in [6.45, 7) is -1.03. The van der Waals surface area contributed by atoms with Crippen molar-refractivity contribution in [3.05, 3.63) is 63.7 Å². The van der Waals surface area contributed by atoms with Crippen LogP contribution >= 0.6 is 0 Å². The molecule has 0 aliphatic carbocycles. The highest BCUT2D eigenvalue weighted by Gasteiger charge is 2.19. The summed E-state index contributed by atoms with van der Waals surface area (Å²) < 4.78 is 31.4. The maximum Gasteiger partial charge on any atom is 0.341 e. The Morgan fingerprint density at radius 1 is 1.14 bits per heavy atom. The number of nitro benzene ring substituents is 1. The van der Waals surface area contributed by atoms with Crippen LogP contribution in [0.3, 0.4) is 0 Å². The molecule has 2 rings (SSSR count). The number of ether oxygens (including phenoxy) is 1. The molecule has 9 nitrogen and oxygen atoms in total. The highest BCUT2D eigenvalue weighted by molar-refractivity contribution is 5.99. The SMILES string of the molecule is O=C(COC(=O)c1cc([N+](=O)[O-])ccc1NCCO)Nc1cc(F)ccc1F. The van der Waals surface area contributed by atoms with Crippen LogP contribution in [0.5, 0.6) is 0 Å². The van der Waals surface area contributed by atoms with Crippen molar-refractivity contribution in [1.82, 2.24) is 0 Å². The summed E-state index contributed by atoms with van der Waals surface area (Å²) in [5.41, 5.74) is -0.886. The van der Waals surface area contributed by atoms with Gasteiger partial charge in [0.1, 0.15) is 11.6 Å². The average Bonchev–Trinajstić information content (AvgIpc) is 2.67. The minimum atomic E-state index is -1.06. The topological polar surface area (TPSA) is 131 Å². The lowest BCUT2D eigenvalue weighted by Gasteiger charge is -2.11. The molecule has 0 heterocycles. The monoisotopic (exact) mass is 395 g/mol. The number of hydrogen-bond acceptors (Lipinski definition) is 7. The van der Waals surface area contributed by atoms with E-state index in [9.17, 15) is 28.5 Å². The Hall–Kier alpha value is -3.60. The van der Waals surface area contributed by atoms with Gasteiger partial charge in [0, 0.05) is 30.4 Å². The van der Waals surface area contributed by atoms with Crippen LogP contribution in [0.25, 0.3) is 0 Å². The van der Waals surface area contributed by atoms with E-state index in [0.717, 1.165) is 30.3 Å². The highest BCUT2D eigenvalue weighted by Crippen LogP contribution is 2.23. The first-order valence-electron chi connectivity index (χ1n) is 7.87. The minimum Gasteiger partial charge on any atom is -0.452 e. The smallest absolute Gasteiger partial charge is 0.341 e. The van der Waals surface area contributed by atoms with Crippen molar-refractivity contribution in [1.29, 1.82) is 0 Å². The van der Waals surface area contributed by atoms with Gasteiger partial charge in [-0.15, -0.1) is 0 Å². The molecule has 0 bridgehead atoms. The molecule has 28 heavy (non-hydrogen) atoms. The first-order valence-corrected chi connectivity index (χ1v) is 7.87. The van der Waals surface area contributed by atoms with Gasteiger partial charge in [-0.05, 0) is 18.2 Å². The third-order valence-corrected chi connectivity index (χ3v) is 3.40. The Balaban J connectivity index is 2.08. The Labute approximate surface area is 157 Å². The van der Waals surface area contributed by atoms with Crippen molar-refractivity contribution in [3.63, 3.8) is 0 Å². The Bertz CT molecular complexity index is 906.